The topological polar surface area (TPSA) is 63.3 Å². The number of aryl methyl sites for hydroxylation is 2. The maximum absolute atomic E-state index is 5.98. The second-order valence-electron chi connectivity index (χ2n) is 6.65. The van der Waals surface area contributed by atoms with Crippen molar-refractivity contribution in [2.75, 3.05) is 7.05 Å². The first-order valence-electron chi connectivity index (χ1n) is 8.82. The number of benzene rings is 1. The van der Waals surface area contributed by atoms with Crippen LogP contribution >= 0.6 is 11.9 Å². The Kier molecular flexibility index (Phi) is 5.76. The highest BCUT2D eigenvalue weighted by Crippen LogP contribution is 2.28. The van der Waals surface area contributed by atoms with Crippen LogP contribution < -0.4 is 10.5 Å². The lowest BCUT2D eigenvalue weighted by atomic mass is 10.0. The van der Waals surface area contributed by atoms with Crippen LogP contribution in [0.3, 0.4) is 0 Å². The van der Waals surface area contributed by atoms with Gasteiger partial charge in [0.1, 0.15) is 11.5 Å². The predicted octanol–water partition coefficient (Wildman–Crippen LogP) is 4.24. The molecule has 132 valence electrons. The summed E-state index contributed by atoms with van der Waals surface area (Å²) >= 11 is 1.74. The van der Waals surface area contributed by atoms with Gasteiger partial charge in [0.2, 0.25) is 0 Å². The summed E-state index contributed by atoms with van der Waals surface area (Å²) in [5, 5.41) is 0. The Hall–Kier alpha value is -1.85. The maximum Gasteiger partial charge on any atom is 0.144 e. The molecule has 0 spiro atoms. The number of hydrogen-bond donors (Lipinski definition) is 2. The van der Waals surface area contributed by atoms with Gasteiger partial charge in [0.05, 0.1) is 5.69 Å². The first-order chi connectivity index (χ1) is 12.1. The molecule has 3 N–H and O–H groups in total. The molecule has 0 aliphatic heterocycles. The van der Waals surface area contributed by atoms with Crippen molar-refractivity contribution in [3.63, 3.8) is 0 Å². The van der Waals surface area contributed by atoms with Gasteiger partial charge in [-0.05, 0) is 68.0 Å². The SMILES string of the molecule is CN=C(N)c1nc(-c2ccc(SNC3CCCC3)cc2C)ccc1C. The van der Waals surface area contributed by atoms with E-state index in [-0.39, 0.29) is 0 Å². The highest BCUT2D eigenvalue weighted by Gasteiger charge is 2.15. The second-order valence-corrected chi connectivity index (χ2v) is 7.56. The molecule has 1 aliphatic carbocycles. The van der Waals surface area contributed by atoms with Crippen LogP contribution in [-0.2, 0) is 0 Å². The number of nitrogens with two attached hydrogens (primary N) is 1. The molecule has 0 saturated heterocycles. The number of pyridine rings is 1. The lowest BCUT2D eigenvalue weighted by Crippen LogP contribution is -2.18. The molecule has 5 heteroatoms. The molecule has 1 saturated carbocycles. The van der Waals surface area contributed by atoms with Crippen LogP contribution in [0.15, 0.2) is 40.2 Å². The van der Waals surface area contributed by atoms with Crippen LogP contribution in [0.25, 0.3) is 11.3 Å². The van der Waals surface area contributed by atoms with E-state index in [1.165, 1.54) is 36.1 Å². The largest absolute Gasteiger partial charge is 0.382 e. The lowest BCUT2D eigenvalue weighted by Gasteiger charge is -2.13. The number of aliphatic imine (C=N–C) groups is 1. The number of amidine groups is 1. The zero-order chi connectivity index (χ0) is 17.8. The minimum absolute atomic E-state index is 0.477. The van der Waals surface area contributed by atoms with E-state index in [1.54, 1.807) is 19.0 Å². The van der Waals surface area contributed by atoms with E-state index in [9.17, 15) is 0 Å². The smallest absolute Gasteiger partial charge is 0.144 e. The third kappa shape index (κ3) is 4.22. The van der Waals surface area contributed by atoms with Gasteiger partial charge in [0.15, 0.2) is 0 Å². The molecule has 0 unspecified atom stereocenters. The minimum Gasteiger partial charge on any atom is -0.382 e. The van der Waals surface area contributed by atoms with Crippen LogP contribution in [0.1, 0.15) is 42.5 Å². The highest BCUT2D eigenvalue weighted by atomic mass is 32.2. The molecule has 4 nitrogen and oxygen atoms in total. The number of nitrogens with zero attached hydrogens (tertiary/aromatic N) is 2. The van der Waals surface area contributed by atoms with Crippen molar-refractivity contribution >= 4 is 17.8 Å². The average molecular weight is 355 g/mol. The maximum atomic E-state index is 5.98. The van der Waals surface area contributed by atoms with Gasteiger partial charge in [-0.25, -0.2) is 4.98 Å². The van der Waals surface area contributed by atoms with Crippen molar-refractivity contribution in [1.82, 2.24) is 9.71 Å². The number of aromatic nitrogens is 1. The summed E-state index contributed by atoms with van der Waals surface area (Å²) in [5.74, 6) is 0.477. The van der Waals surface area contributed by atoms with Gasteiger partial charge in [-0.1, -0.05) is 25.0 Å². The van der Waals surface area contributed by atoms with Gasteiger partial charge in [0, 0.05) is 23.5 Å². The number of rotatable bonds is 5. The zero-order valence-corrected chi connectivity index (χ0v) is 16.0. The molecule has 1 aromatic heterocycles. The molecule has 1 aliphatic rings. The van der Waals surface area contributed by atoms with E-state index in [2.05, 4.69) is 40.9 Å². The molecule has 3 rings (SSSR count). The molecular weight excluding hydrogens is 328 g/mol. The Morgan fingerprint density at radius 2 is 1.92 bits per heavy atom. The van der Waals surface area contributed by atoms with Crippen LogP contribution in [0.4, 0.5) is 0 Å². The van der Waals surface area contributed by atoms with Crippen molar-refractivity contribution in [3.05, 3.63) is 47.2 Å². The van der Waals surface area contributed by atoms with Gasteiger partial charge < -0.3 is 5.73 Å². The summed E-state index contributed by atoms with van der Waals surface area (Å²) in [6.45, 7) is 4.14. The Balaban J connectivity index is 1.81. The lowest BCUT2D eigenvalue weighted by molar-refractivity contribution is 0.657. The molecule has 1 heterocycles. The van der Waals surface area contributed by atoms with Crippen molar-refractivity contribution in [2.24, 2.45) is 10.7 Å². The molecule has 1 aromatic carbocycles. The summed E-state index contributed by atoms with van der Waals surface area (Å²) in [6, 6.07) is 11.3. The van der Waals surface area contributed by atoms with Crippen molar-refractivity contribution < 1.29 is 0 Å². The third-order valence-corrected chi connectivity index (χ3v) is 5.69. The van der Waals surface area contributed by atoms with Crippen LogP contribution in [-0.4, -0.2) is 23.9 Å². The van der Waals surface area contributed by atoms with Crippen LogP contribution in [0, 0.1) is 13.8 Å². The summed E-state index contributed by atoms with van der Waals surface area (Å²) in [5.41, 5.74) is 11.1. The van der Waals surface area contributed by atoms with E-state index in [0.717, 1.165) is 22.5 Å². The Labute approximate surface area is 154 Å². The first kappa shape index (κ1) is 18.0. The average Bonchev–Trinajstić information content (AvgIpc) is 3.13. The summed E-state index contributed by atoms with van der Waals surface area (Å²) in [4.78, 5) is 10.1. The first-order valence-corrected chi connectivity index (χ1v) is 9.64. The molecule has 0 bridgehead atoms. The molecule has 0 radical (unpaired) electrons. The van der Waals surface area contributed by atoms with E-state index in [4.69, 9.17) is 10.7 Å². The number of hydrogen-bond acceptors (Lipinski definition) is 4. The monoisotopic (exact) mass is 354 g/mol. The van der Waals surface area contributed by atoms with Gasteiger partial charge >= 0.3 is 0 Å². The van der Waals surface area contributed by atoms with E-state index in [0.29, 0.717) is 11.9 Å². The molecule has 1 fully saturated rings. The van der Waals surface area contributed by atoms with Crippen LogP contribution in [0.2, 0.25) is 0 Å². The molecule has 25 heavy (non-hydrogen) atoms. The second kappa shape index (κ2) is 8.02. The summed E-state index contributed by atoms with van der Waals surface area (Å²) in [7, 11) is 1.69. The third-order valence-electron chi connectivity index (χ3n) is 4.75. The molecular formula is C20H26N4S. The molecule has 0 amide bonds. The zero-order valence-electron chi connectivity index (χ0n) is 15.2. The molecule has 0 atom stereocenters. The van der Waals surface area contributed by atoms with Gasteiger partial charge in [-0.2, -0.15) is 0 Å². The fourth-order valence-corrected chi connectivity index (χ4v) is 4.14. The van der Waals surface area contributed by atoms with Gasteiger partial charge in [-0.15, -0.1) is 0 Å². The van der Waals surface area contributed by atoms with Crippen molar-refractivity contribution in [3.8, 4) is 11.3 Å². The van der Waals surface area contributed by atoms with Crippen molar-refractivity contribution in [1.29, 1.82) is 0 Å². The quantitative estimate of drug-likeness (QED) is 0.479. The number of nitrogens with one attached hydrogen (secondary N) is 1. The highest BCUT2D eigenvalue weighted by molar-refractivity contribution is 7.97. The van der Waals surface area contributed by atoms with Crippen molar-refractivity contribution in [2.45, 2.75) is 50.5 Å². The van der Waals surface area contributed by atoms with Gasteiger partial charge in [0.25, 0.3) is 0 Å². The van der Waals surface area contributed by atoms with E-state index in [1.807, 2.05) is 13.0 Å². The summed E-state index contributed by atoms with van der Waals surface area (Å²) in [6.07, 6.45) is 5.28. The standard InChI is InChI=1S/C20H26N4S/c1-13-8-11-18(23-19(13)20(21)22-3)17-10-9-16(12-14(17)2)25-24-15-6-4-5-7-15/h8-12,15,24H,4-7H2,1-3H3,(H2,21,22). The summed E-state index contributed by atoms with van der Waals surface area (Å²) < 4.78 is 3.59. The van der Waals surface area contributed by atoms with E-state index < -0.39 is 0 Å². The van der Waals surface area contributed by atoms with E-state index >= 15 is 0 Å². The Bertz CT molecular complexity index is 779. The fourth-order valence-electron chi connectivity index (χ4n) is 3.23. The predicted molar refractivity (Wildman–Crippen MR) is 107 cm³/mol. The normalized spacial score (nSPS) is 15.7. The Morgan fingerprint density at radius 1 is 1.16 bits per heavy atom. The molecule has 2 aromatic rings. The fraction of sp³-hybridized carbons (Fsp3) is 0.400. The van der Waals surface area contributed by atoms with Crippen LogP contribution in [0.5, 0.6) is 0 Å². The minimum atomic E-state index is 0.477. The van der Waals surface area contributed by atoms with Gasteiger partial charge in [-0.3, -0.25) is 9.71 Å². The Morgan fingerprint density at radius 3 is 2.60 bits per heavy atom.